The summed E-state index contributed by atoms with van der Waals surface area (Å²) in [7, 11) is 3.05. The van der Waals surface area contributed by atoms with Crippen molar-refractivity contribution in [3.63, 3.8) is 0 Å². The molecule has 0 saturated heterocycles. The molecular weight excluding hydrogens is 224 g/mol. The largest absolute Gasteiger partial charge is 0.497 e. The number of rotatable bonds is 5. The average Bonchev–Trinajstić information content (AvgIpc) is 2.35. The predicted octanol–water partition coefficient (Wildman–Crippen LogP) is 2.74. The maximum atomic E-state index is 11.4. The molecule has 1 rings (SSSR count). The second-order valence-corrected chi connectivity index (χ2v) is 4.49. The van der Waals surface area contributed by atoms with E-state index in [0.717, 1.165) is 17.1 Å². The average molecular weight is 240 g/mol. The molecule has 0 bridgehead atoms. The van der Waals surface area contributed by atoms with Gasteiger partial charge >= 0.3 is 5.97 Å². The van der Waals surface area contributed by atoms with Crippen molar-refractivity contribution >= 4 is 17.7 Å². The lowest BCUT2D eigenvalue weighted by atomic mass is 10.3. The summed E-state index contributed by atoms with van der Waals surface area (Å²) in [5.41, 5.74) is 0. The molecule has 4 heteroatoms. The van der Waals surface area contributed by atoms with Crippen LogP contribution in [0.1, 0.15) is 13.3 Å². The monoisotopic (exact) mass is 240 g/mol. The van der Waals surface area contributed by atoms with Crippen molar-refractivity contribution in [1.82, 2.24) is 0 Å². The molecule has 0 spiro atoms. The van der Waals surface area contributed by atoms with Crippen LogP contribution < -0.4 is 4.74 Å². The first-order valence-electron chi connectivity index (χ1n) is 5.09. The van der Waals surface area contributed by atoms with Crippen LogP contribution in [0.25, 0.3) is 0 Å². The second kappa shape index (κ2) is 6.43. The van der Waals surface area contributed by atoms with E-state index in [-0.39, 0.29) is 11.2 Å². The molecule has 0 fully saturated rings. The molecule has 1 aromatic rings. The van der Waals surface area contributed by atoms with Crippen molar-refractivity contribution in [2.45, 2.75) is 23.5 Å². The van der Waals surface area contributed by atoms with E-state index in [2.05, 4.69) is 0 Å². The highest BCUT2D eigenvalue weighted by atomic mass is 32.2. The van der Waals surface area contributed by atoms with Crippen LogP contribution in [0.2, 0.25) is 0 Å². The number of benzene rings is 1. The summed E-state index contributed by atoms with van der Waals surface area (Å²) in [4.78, 5) is 12.4. The smallest absolute Gasteiger partial charge is 0.319 e. The Kier molecular flexibility index (Phi) is 5.19. The molecule has 0 N–H and O–H groups in total. The topological polar surface area (TPSA) is 35.5 Å². The maximum Gasteiger partial charge on any atom is 0.319 e. The summed E-state index contributed by atoms with van der Waals surface area (Å²) in [6.07, 6.45) is 0.753. The molecular formula is C12H16O3S. The molecule has 0 amide bonds. The minimum atomic E-state index is -0.177. The van der Waals surface area contributed by atoms with E-state index in [1.54, 1.807) is 7.11 Å². The van der Waals surface area contributed by atoms with Gasteiger partial charge < -0.3 is 9.47 Å². The van der Waals surface area contributed by atoms with Crippen LogP contribution in [0.5, 0.6) is 5.75 Å². The number of carbonyl (C=O) groups excluding carboxylic acids is 1. The molecule has 0 aliphatic rings. The van der Waals surface area contributed by atoms with Gasteiger partial charge in [-0.15, -0.1) is 11.8 Å². The zero-order chi connectivity index (χ0) is 12.0. The van der Waals surface area contributed by atoms with Crippen molar-refractivity contribution in [2.24, 2.45) is 0 Å². The molecule has 88 valence electrons. The first-order chi connectivity index (χ1) is 7.71. The summed E-state index contributed by atoms with van der Waals surface area (Å²) in [6.45, 7) is 1.97. The first-order valence-corrected chi connectivity index (χ1v) is 5.97. The van der Waals surface area contributed by atoms with Gasteiger partial charge in [0.05, 0.1) is 14.2 Å². The lowest BCUT2D eigenvalue weighted by Crippen LogP contribution is -2.17. The third-order valence-corrected chi connectivity index (χ3v) is 3.53. The molecule has 3 nitrogen and oxygen atoms in total. The molecule has 16 heavy (non-hydrogen) atoms. The first kappa shape index (κ1) is 12.9. The third-order valence-electron chi connectivity index (χ3n) is 2.17. The maximum absolute atomic E-state index is 11.4. The van der Waals surface area contributed by atoms with Gasteiger partial charge in [-0.3, -0.25) is 4.79 Å². The summed E-state index contributed by atoms with van der Waals surface area (Å²) in [5, 5.41) is -0.140. The molecule has 0 radical (unpaired) electrons. The van der Waals surface area contributed by atoms with E-state index in [1.165, 1.54) is 18.9 Å². The van der Waals surface area contributed by atoms with Crippen molar-refractivity contribution in [3.8, 4) is 5.75 Å². The molecule has 1 unspecified atom stereocenters. The highest BCUT2D eigenvalue weighted by Crippen LogP contribution is 2.27. The van der Waals surface area contributed by atoms with Crippen LogP contribution in [0, 0.1) is 0 Å². The van der Waals surface area contributed by atoms with Crippen molar-refractivity contribution in [1.29, 1.82) is 0 Å². The Hall–Kier alpha value is -1.16. The zero-order valence-electron chi connectivity index (χ0n) is 9.73. The normalized spacial score (nSPS) is 11.9. The SMILES string of the molecule is CCC(Sc1ccc(OC)cc1)C(=O)OC. The van der Waals surface area contributed by atoms with E-state index in [0.29, 0.717) is 0 Å². The summed E-state index contributed by atoms with van der Waals surface area (Å²) < 4.78 is 9.80. The van der Waals surface area contributed by atoms with Crippen molar-refractivity contribution in [2.75, 3.05) is 14.2 Å². The van der Waals surface area contributed by atoms with E-state index in [4.69, 9.17) is 9.47 Å². The van der Waals surface area contributed by atoms with Gasteiger partial charge in [0.2, 0.25) is 0 Å². The molecule has 0 saturated carbocycles. The Bertz CT molecular complexity index is 335. The van der Waals surface area contributed by atoms with Gasteiger partial charge in [-0.1, -0.05) is 6.92 Å². The van der Waals surface area contributed by atoms with Gasteiger partial charge in [0, 0.05) is 4.90 Å². The van der Waals surface area contributed by atoms with Gasteiger partial charge in [0.15, 0.2) is 0 Å². The number of hydrogen-bond donors (Lipinski definition) is 0. The van der Waals surface area contributed by atoms with Crippen LogP contribution in [0.15, 0.2) is 29.2 Å². The number of hydrogen-bond acceptors (Lipinski definition) is 4. The minimum absolute atomic E-state index is 0.140. The summed E-state index contributed by atoms with van der Waals surface area (Å²) in [6, 6.07) is 7.64. The zero-order valence-corrected chi connectivity index (χ0v) is 10.5. The Balaban J connectivity index is 2.66. The lowest BCUT2D eigenvalue weighted by molar-refractivity contribution is -0.140. The van der Waals surface area contributed by atoms with Gasteiger partial charge in [0.1, 0.15) is 11.0 Å². The van der Waals surface area contributed by atoms with Gasteiger partial charge in [0.25, 0.3) is 0 Å². The molecule has 0 aliphatic heterocycles. The standard InChI is InChI=1S/C12H16O3S/c1-4-11(12(13)15-3)16-10-7-5-9(14-2)6-8-10/h5-8,11H,4H2,1-3H3. The van der Waals surface area contributed by atoms with Crippen LogP contribution in [0.3, 0.4) is 0 Å². The quantitative estimate of drug-likeness (QED) is 0.585. The van der Waals surface area contributed by atoms with Crippen molar-refractivity contribution in [3.05, 3.63) is 24.3 Å². The van der Waals surface area contributed by atoms with E-state index in [1.807, 2.05) is 31.2 Å². The lowest BCUT2D eigenvalue weighted by Gasteiger charge is -2.11. The number of carbonyl (C=O) groups is 1. The van der Waals surface area contributed by atoms with Gasteiger partial charge in [-0.05, 0) is 30.7 Å². The Morgan fingerprint density at radius 1 is 1.31 bits per heavy atom. The van der Waals surface area contributed by atoms with Crippen LogP contribution in [-0.4, -0.2) is 25.4 Å². The highest BCUT2D eigenvalue weighted by Gasteiger charge is 2.17. The number of methoxy groups -OCH3 is 2. The Morgan fingerprint density at radius 2 is 1.94 bits per heavy atom. The molecule has 0 aliphatic carbocycles. The fourth-order valence-electron chi connectivity index (χ4n) is 1.25. The van der Waals surface area contributed by atoms with Crippen molar-refractivity contribution < 1.29 is 14.3 Å². The minimum Gasteiger partial charge on any atom is -0.497 e. The fraction of sp³-hybridized carbons (Fsp3) is 0.417. The summed E-state index contributed by atoms with van der Waals surface area (Å²) in [5.74, 6) is 0.638. The van der Waals surface area contributed by atoms with E-state index < -0.39 is 0 Å². The Labute approximate surface area is 100 Å². The summed E-state index contributed by atoms with van der Waals surface area (Å²) >= 11 is 1.51. The molecule has 1 atom stereocenters. The van der Waals surface area contributed by atoms with Gasteiger partial charge in [-0.2, -0.15) is 0 Å². The van der Waals surface area contributed by atoms with Crippen LogP contribution >= 0.6 is 11.8 Å². The van der Waals surface area contributed by atoms with E-state index in [9.17, 15) is 4.79 Å². The molecule has 0 heterocycles. The third kappa shape index (κ3) is 3.45. The van der Waals surface area contributed by atoms with Gasteiger partial charge in [-0.25, -0.2) is 0 Å². The van der Waals surface area contributed by atoms with Crippen LogP contribution in [-0.2, 0) is 9.53 Å². The number of thioether (sulfide) groups is 1. The Morgan fingerprint density at radius 3 is 2.38 bits per heavy atom. The number of esters is 1. The predicted molar refractivity (Wildman–Crippen MR) is 64.9 cm³/mol. The molecule has 0 aromatic heterocycles. The van der Waals surface area contributed by atoms with Crippen LogP contribution in [0.4, 0.5) is 0 Å². The number of ether oxygens (including phenoxy) is 2. The molecule has 1 aromatic carbocycles. The fourth-order valence-corrected chi connectivity index (χ4v) is 2.23. The highest BCUT2D eigenvalue weighted by molar-refractivity contribution is 8.00. The second-order valence-electron chi connectivity index (χ2n) is 3.21. The van der Waals surface area contributed by atoms with E-state index >= 15 is 0 Å².